The van der Waals surface area contributed by atoms with Gasteiger partial charge in [-0.15, -0.1) is 22.7 Å². The summed E-state index contributed by atoms with van der Waals surface area (Å²) >= 11 is 2.89. The highest BCUT2D eigenvalue weighted by molar-refractivity contribution is 7.21. The van der Waals surface area contributed by atoms with E-state index in [0.717, 1.165) is 15.3 Å². The molecule has 0 fully saturated rings. The lowest BCUT2D eigenvalue weighted by Crippen LogP contribution is -2.02. The maximum Gasteiger partial charge on any atom is 0.348 e. The van der Waals surface area contributed by atoms with Crippen molar-refractivity contribution in [2.24, 2.45) is 0 Å². The van der Waals surface area contributed by atoms with Gasteiger partial charge >= 0.3 is 5.97 Å². The summed E-state index contributed by atoms with van der Waals surface area (Å²) in [7, 11) is 0. The first kappa shape index (κ1) is 11.6. The fraction of sp³-hybridized carbons (Fsp3) is 0.0833. The first-order valence-electron chi connectivity index (χ1n) is 5.73. The van der Waals surface area contributed by atoms with Gasteiger partial charge < -0.3 is 9.26 Å². The number of thiazole rings is 1. The zero-order valence-corrected chi connectivity index (χ0v) is 11.6. The Hall–Kier alpha value is -2.19. The van der Waals surface area contributed by atoms with E-state index < -0.39 is 0 Å². The molecule has 0 atom stereocenters. The Morgan fingerprint density at radius 2 is 2.45 bits per heavy atom. The summed E-state index contributed by atoms with van der Waals surface area (Å²) < 4.78 is 12.0. The molecule has 0 aliphatic rings. The number of thiophene rings is 1. The van der Waals surface area contributed by atoms with E-state index in [1.165, 1.54) is 17.5 Å². The van der Waals surface area contributed by atoms with Crippen molar-refractivity contribution < 1.29 is 14.1 Å². The standard InChI is InChI=1S/C12H7N3O3S2/c16-11(17-6-7-1-2-13-18-7)9-5-8-10(20-9)14-12-15(8)3-4-19-12/h1-5H,6H2. The SMILES string of the molecule is O=C(OCc1ccno1)c1cc2c(nc3sccn32)s1. The lowest BCUT2D eigenvalue weighted by Gasteiger charge is -1.98. The van der Waals surface area contributed by atoms with E-state index in [2.05, 4.69) is 10.1 Å². The van der Waals surface area contributed by atoms with Crippen LogP contribution in [0.5, 0.6) is 0 Å². The van der Waals surface area contributed by atoms with Crippen molar-refractivity contribution >= 4 is 44.0 Å². The predicted molar refractivity (Wildman–Crippen MR) is 74.1 cm³/mol. The molecule has 0 radical (unpaired) electrons. The van der Waals surface area contributed by atoms with Gasteiger partial charge in [0.15, 0.2) is 17.3 Å². The molecule has 0 unspecified atom stereocenters. The molecule has 0 amide bonds. The second-order valence-corrected chi connectivity index (χ2v) is 5.93. The van der Waals surface area contributed by atoms with Crippen LogP contribution in [0.15, 0.2) is 34.4 Å². The van der Waals surface area contributed by atoms with Crippen molar-refractivity contribution in [2.45, 2.75) is 6.61 Å². The third-order valence-electron chi connectivity index (χ3n) is 2.78. The van der Waals surface area contributed by atoms with E-state index in [1.54, 1.807) is 23.5 Å². The van der Waals surface area contributed by atoms with Gasteiger partial charge in [-0.05, 0) is 6.07 Å². The quantitative estimate of drug-likeness (QED) is 0.544. The minimum atomic E-state index is -0.381. The van der Waals surface area contributed by atoms with Crippen LogP contribution in [0.25, 0.3) is 15.3 Å². The molecule has 0 aliphatic heterocycles. The van der Waals surface area contributed by atoms with Crippen molar-refractivity contribution in [2.75, 3.05) is 0 Å². The Labute approximate surface area is 120 Å². The maximum atomic E-state index is 12.0. The molecule has 0 aliphatic carbocycles. The molecule has 4 aromatic heterocycles. The number of ether oxygens (including phenoxy) is 1. The molecule has 4 aromatic rings. The summed E-state index contributed by atoms with van der Waals surface area (Å²) in [5, 5.41) is 5.51. The third kappa shape index (κ3) is 1.81. The number of carbonyl (C=O) groups is 1. The predicted octanol–water partition coefficient (Wildman–Crippen LogP) is 2.96. The van der Waals surface area contributed by atoms with Gasteiger partial charge in [0.1, 0.15) is 9.71 Å². The molecule has 4 rings (SSSR count). The molecule has 0 N–H and O–H groups in total. The van der Waals surface area contributed by atoms with Crippen LogP contribution in [0.1, 0.15) is 15.4 Å². The number of hydrogen-bond donors (Lipinski definition) is 0. The van der Waals surface area contributed by atoms with E-state index in [4.69, 9.17) is 9.26 Å². The van der Waals surface area contributed by atoms with Crippen LogP contribution in [0.4, 0.5) is 0 Å². The molecule has 0 spiro atoms. The Morgan fingerprint density at radius 3 is 3.30 bits per heavy atom. The number of carbonyl (C=O) groups excluding carboxylic acids is 1. The first-order valence-corrected chi connectivity index (χ1v) is 7.42. The second kappa shape index (κ2) is 4.43. The van der Waals surface area contributed by atoms with Gasteiger partial charge in [-0.25, -0.2) is 9.78 Å². The van der Waals surface area contributed by atoms with Crippen LogP contribution >= 0.6 is 22.7 Å². The summed E-state index contributed by atoms with van der Waals surface area (Å²) in [4.78, 5) is 18.7. The average Bonchev–Trinajstić information content (AvgIpc) is 3.17. The van der Waals surface area contributed by atoms with Gasteiger partial charge in [-0.1, -0.05) is 5.16 Å². The molecule has 4 heterocycles. The van der Waals surface area contributed by atoms with Crippen molar-refractivity contribution in [3.8, 4) is 0 Å². The number of nitrogens with zero attached hydrogens (tertiary/aromatic N) is 3. The number of rotatable bonds is 3. The number of esters is 1. The number of hydrogen-bond acceptors (Lipinski definition) is 7. The Balaban J connectivity index is 1.60. The van der Waals surface area contributed by atoms with E-state index in [1.807, 2.05) is 16.0 Å². The number of imidazole rings is 1. The molecule has 0 saturated carbocycles. The van der Waals surface area contributed by atoms with Crippen LogP contribution in [-0.4, -0.2) is 20.5 Å². The zero-order valence-electron chi connectivity index (χ0n) is 9.98. The third-order valence-corrected chi connectivity index (χ3v) is 4.53. The number of fused-ring (bicyclic) bond motifs is 3. The molecule has 20 heavy (non-hydrogen) atoms. The van der Waals surface area contributed by atoms with Gasteiger partial charge in [-0.2, -0.15) is 0 Å². The van der Waals surface area contributed by atoms with Crippen molar-refractivity contribution in [1.29, 1.82) is 0 Å². The summed E-state index contributed by atoms with van der Waals surface area (Å²) in [5.74, 6) is 0.134. The normalized spacial score (nSPS) is 11.4. The molecule has 100 valence electrons. The second-order valence-electron chi connectivity index (χ2n) is 4.02. The minimum absolute atomic E-state index is 0.0788. The molecule has 0 bridgehead atoms. The molecule has 6 nitrogen and oxygen atoms in total. The van der Waals surface area contributed by atoms with Gasteiger partial charge in [-0.3, -0.25) is 4.40 Å². The van der Waals surface area contributed by atoms with Crippen molar-refractivity contribution in [3.05, 3.63) is 40.5 Å². The fourth-order valence-corrected chi connectivity index (χ4v) is 3.57. The zero-order chi connectivity index (χ0) is 13.5. The van der Waals surface area contributed by atoms with Crippen LogP contribution in [0, 0.1) is 0 Å². The molecule has 8 heteroatoms. The molecule has 0 aromatic carbocycles. The lowest BCUT2D eigenvalue weighted by molar-refractivity contribution is 0.0443. The summed E-state index contributed by atoms with van der Waals surface area (Å²) in [6, 6.07) is 3.46. The molecule has 0 saturated heterocycles. The van der Waals surface area contributed by atoms with E-state index >= 15 is 0 Å². The van der Waals surface area contributed by atoms with Crippen molar-refractivity contribution in [1.82, 2.24) is 14.5 Å². The summed E-state index contributed by atoms with van der Waals surface area (Å²) in [6.07, 6.45) is 3.45. The van der Waals surface area contributed by atoms with E-state index in [9.17, 15) is 4.79 Å². The Kier molecular flexibility index (Phi) is 2.57. The Bertz CT molecular complexity index is 888. The largest absolute Gasteiger partial charge is 0.453 e. The molecular formula is C12H7N3O3S2. The monoisotopic (exact) mass is 305 g/mol. The highest BCUT2D eigenvalue weighted by Gasteiger charge is 2.16. The highest BCUT2D eigenvalue weighted by Crippen LogP contribution is 2.28. The smallest absolute Gasteiger partial charge is 0.348 e. The van der Waals surface area contributed by atoms with E-state index in [-0.39, 0.29) is 12.6 Å². The van der Waals surface area contributed by atoms with E-state index in [0.29, 0.717) is 10.6 Å². The first-order chi connectivity index (χ1) is 9.81. The molecular weight excluding hydrogens is 298 g/mol. The van der Waals surface area contributed by atoms with Gasteiger partial charge in [0.05, 0.1) is 11.7 Å². The topological polar surface area (TPSA) is 69.6 Å². The fourth-order valence-electron chi connectivity index (χ4n) is 1.87. The van der Waals surface area contributed by atoms with Gasteiger partial charge in [0.25, 0.3) is 0 Å². The van der Waals surface area contributed by atoms with Gasteiger partial charge in [0, 0.05) is 17.6 Å². The summed E-state index contributed by atoms with van der Waals surface area (Å²) in [6.45, 7) is 0.0788. The average molecular weight is 305 g/mol. The van der Waals surface area contributed by atoms with Crippen LogP contribution in [0.2, 0.25) is 0 Å². The van der Waals surface area contributed by atoms with Crippen molar-refractivity contribution in [3.63, 3.8) is 0 Å². The lowest BCUT2D eigenvalue weighted by atomic mass is 10.4. The van der Waals surface area contributed by atoms with Crippen LogP contribution in [0.3, 0.4) is 0 Å². The highest BCUT2D eigenvalue weighted by atomic mass is 32.1. The Morgan fingerprint density at radius 1 is 1.50 bits per heavy atom. The van der Waals surface area contributed by atoms with Crippen LogP contribution in [-0.2, 0) is 11.3 Å². The minimum Gasteiger partial charge on any atom is -0.453 e. The van der Waals surface area contributed by atoms with Crippen LogP contribution < -0.4 is 0 Å². The number of aromatic nitrogens is 3. The maximum absolute atomic E-state index is 12.0. The summed E-state index contributed by atoms with van der Waals surface area (Å²) in [5.41, 5.74) is 0.929. The van der Waals surface area contributed by atoms with Gasteiger partial charge in [0.2, 0.25) is 0 Å².